The van der Waals surface area contributed by atoms with Crippen LogP contribution in [0.4, 0.5) is 0 Å². The Morgan fingerprint density at radius 3 is 2.50 bits per heavy atom. The SMILES string of the molecule is C#CCC1(C(=O)O)CCN(CC)CC1. The summed E-state index contributed by atoms with van der Waals surface area (Å²) in [6.45, 7) is 4.79. The number of rotatable bonds is 3. The van der Waals surface area contributed by atoms with Crippen LogP contribution in [0.5, 0.6) is 0 Å². The molecule has 1 fully saturated rings. The average molecular weight is 195 g/mol. The van der Waals surface area contributed by atoms with Crippen LogP contribution in [-0.4, -0.2) is 35.6 Å². The third kappa shape index (κ3) is 2.08. The van der Waals surface area contributed by atoms with Crippen molar-refractivity contribution in [3.63, 3.8) is 0 Å². The fourth-order valence-electron chi connectivity index (χ4n) is 1.96. The van der Waals surface area contributed by atoms with Crippen LogP contribution in [0.15, 0.2) is 0 Å². The summed E-state index contributed by atoms with van der Waals surface area (Å²) in [7, 11) is 0. The Morgan fingerprint density at radius 2 is 2.14 bits per heavy atom. The summed E-state index contributed by atoms with van der Waals surface area (Å²) < 4.78 is 0. The number of nitrogens with zero attached hydrogens (tertiary/aromatic N) is 1. The van der Waals surface area contributed by atoms with E-state index < -0.39 is 11.4 Å². The summed E-state index contributed by atoms with van der Waals surface area (Å²) in [5.41, 5.74) is -0.652. The summed E-state index contributed by atoms with van der Waals surface area (Å²) in [4.78, 5) is 13.4. The van der Waals surface area contributed by atoms with E-state index in [1.54, 1.807) is 0 Å². The van der Waals surface area contributed by atoms with Gasteiger partial charge in [-0.15, -0.1) is 12.3 Å². The summed E-state index contributed by atoms with van der Waals surface area (Å²) in [5, 5.41) is 9.16. The van der Waals surface area contributed by atoms with Gasteiger partial charge in [0.1, 0.15) is 0 Å². The molecule has 0 aromatic rings. The lowest BCUT2D eigenvalue weighted by Crippen LogP contribution is -2.44. The lowest BCUT2D eigenvalue weighted by Gasteiger charge is -2.37. The first-order chi connectivity index (χ1) is 6.64. The molecule has 0 spiro atoms. The molecule has 0 bridgehead atoms. The minimum absolute atomic E-state index is 0.361. The van der Waals surface area contributed by atoms with Crippen molar-refractivity contribution in [2.24, 2.45) is 5.41 Å². The number of terminal acetylenes is 1. The quantitative estimate of drug-likeness (QED) is 0.688. The fraction of sp³-hybridized carbons (Fsp3) is 0.727. The number of aliphatic carboxylic acids is 1. The first-order valence-corrected chi connectivity index (χ1v) is 5.04. The van der Waals surface area contributed by atoms with Crippen LogP contribution in [0.3, 0.4) is 0 Å². The van der Waals surface area contributed by atoms with Crippen molar-refractivity contribution in [3.05, 3.63) is 0 Å². The van der Waals surface area contributed by atoms with Gasteiger partial charge in [0.05, 0.1) is 5.41 Å². The van der Waals surface area contributed by atoms with E-state index in [0.29, 0.717) is 19.3 Å². The van der Waals surface area contributed by atoms with Gasteiger partial charge in [0.25, 0.3) is 0 Å². The van der Waals surface area contributed by atoms with Gasteiger partial charge in [0.2, 0.25) is 0 Å². The van der Waals surface area contributed by atoms with E-state index in [4.69, 9.17) is 11.5 Å². The van der Waals surface area contributed by atoms with Crippen molar-refractivity contribution in [2.45, 2.75) is 26.2 Å². The third-order valence-electron chi connectivity index (χ3n) is 3.15. The maximum Gasteiger partial charge on any atom is 0.310 e. The molecule has 1 heterocycles. The molecule has 0 amide bonds. The molecular formula is C11H17NO2. The van der Waals surface area contributed by atoms with E-state index in [1.807, 2.05) is 0 Å². The molecule has 1 saturated heterocycles. The zero-order valence-electron chi connectivity index (χ0n) is 8.62. The van der Waals surface area contributed by atoms with Gasteiger partial charge in [-0.1, -0.05) is 6.92 Å². The fourth-order valence-corrected chi connectivity index (χ4v) is 1.96. The molecular weight excluding hydrogens is 178 g/mol. The molecule has 0 aliphatic carbocycles. The zero-order valence-corrected chi connectivity index (χ0v) is 8.62. The van der Waals surface area contributed by atoms with Gasteiger partial charge in [-0.25, -0.2) is 0 Å². The molecule has 78 valence electrons. The van der Waals surface area contributed by atoms with E-state index in [0.717, 1.165) is 19.6 Å². The predicted molar refractivity (Wildman–Crippen MR) is 54.9 cm³/mol. The van der Waals surface area contributed by atoms with E-state index in [9.17, 15) is 4.79 Å². The van der Waals surface area contributed by atoms with Gasteiger partial charge in [-0.3, -0.25) is 4.79 Å². The van der Waals surface area contributed by atoms with Gasteiger partial charge >= 0.3 is 5.97 Å². The van der Waals surface area contributed by atoms with Crippen molar-refractivity contribution < 1.29 is 9.90 Å². The number of carboxylic acids is 1. The van der Waals surface area contributed by atoms with E-state index in [-0.39, 0.29) is 0 Å². The number of piperidine rings is 1. The van der Waals surface area contributed by atoms with Crippen LogP contribution in [0.1, 0.15) is 26.2 Å². The second-order valence-corrected chi connectivity index (χ2v) is 3.90. The van der Waals surface area contributed by atoms with Gasteiger partial charge in [-0.05, 0) is 32.5 Å². The normalized spacial score (nSPS) is 21.4. The molecule has 0 aromatic carbocycles. The smallest absolute Gasteiger partial charge is 0.310 e. The Balaban J connectivity index is 2.65. The van der Waals surface area contributed by atoms with Crippen LogP contribution in [0, 0.1) is 17.8 Å². The van der Waals surface area contributed by atoms with E-state index in [2.05, 4.69) is 17.7 Å². The predicted octanol–water partition coefficient (Wildman–Crippen LogP) is 1.20. The highest BCUT2D eigenvalue weighted by atomic mass is 16.4. The Hall–Kier alpha value is -1.01. The second kappa shape index (κ2) is 4.47. The molecule has 0 radical (unpaired) electrons. The number of carboxylic acid groups (broad SMARTS) is 1. The Kier molecular flexibility index (Phi) is 3.54. The minimum Gasteiger partial charge on any atom is -0.481 e. The van der Waals surface area contributed by atoms with Crippen LogP contribution in [0.2, 0.25) is 0 Å². The average Bonchev–Trinajstić information content (AvgIpc) is 2.19. The molecule has 1 aliphatic rings. The largest absolute Gasteiger partial charge is 0.481 e. The molecule has 1 aliphatic heterocycles. The highest BCUT2D eigenvalue weighted by Gasteiger charge is 2.40. The maximum absolute atomic E-state index is 11.1. The summed E-state index contributed by atoms with van der Waals surface area (Å²) in [6, 6.07) is 0. The molecule has 14 heavy (non-hydrogen) atoms. The van der Waals surface area contributed by atoms with Crippen molar-refractivity contribution >= 4 is 5.97 Å². The lowest BCUT2D eigenvalue weighted by atomic mass is 9.76. The summed E-state index contributed by atoms with van der Waals surface area (Å²) in [5.74, 6) is 1.76. The molecule has 3 nitrogen and oxygen atoms in total. The number of carbonyl (C=O) groups is 1. The number of hydrogen-bond acceptors (Lipinski definition) is 2. The Morgan fingerprint density at radius 1 is 1.57 bits per heavy atom. The molecule has 0 unspecified atom stereocenters. The number of hydrogen-bond donors (Lipinski definition) is 1. The van der Waals surface area contributed by atoms with Crippen molar-refractivity contribution in [2.75, 3.05) is 19.6 Å². The first kappa shape index (κ1) is 11.1. The lowest BCUT2D eigenvalue weighted by molar-refractivity contribution is -0.151. The van der Waals surface area contributed by atoms with Crippen molar-refractivity contribution in [3.8, 4) is 12.3 Å². The maximum atomic E-state index is 11.1. The van der Waals surface area contributed by atoms with Crippen LogP contribution in [0.25, 0.3) is 0 Å². The van der Waals surface area contributed by atoms with Crippen LogP contribution in [-0.2, 0) is 4.79 Å². The molecule has 1 rings (SSSR count). The first-order valence-electron chi connectivity index (χ1n) is 5.04. The minimum atomic E-state index is -0.730. The summed E-state index contributed by atoms with van der Waals surface area (Å²) in [6.07, 6.45) is 6.95. The van der Waals surface area contributed by atoms with E-state index in [1.165, 1.54) is 0 Å². The molecule has 3 heteroatoms. The topological polar surface area (TPSA) is 40.5 Å². The van der Waals surface area contributed by atoms with Crippen molar-refractivity contribution in [1.82, 2.24) is 4.90 Å². The van der Waals surface area contributed by atoms with Crippen LogP contribution < -0.4 is 0 Å². The van der Waals surface area contributed by atoms with E-state index >= 15 is 0 Å². The van der Waals surface area contributed by atoms with Gasteiger partial charge < -0.3 is 10.0 Å². The zero-order chi connectivity index (χ0) is 10.6. The standard InChI is InChI=1S/C11H17NO2/c1-3-5-11(10(13)14)6-8-12(4-2)9-7-11/h1H,4-9H2,2H3,(H,13,14). The van der Waals surface area contributed by atoms with Gasteiger partial charge in [0, 0.05) is 6.42 Å². The van der Waals surface area contributed by atoms with Crippen molar-refractivity contribution in [1.29, 1.82) is 0 Å². The monoisotopic (exact) mass is 195 g/mol. The second-order valence-electron chi connectivity index (χ2n) is 3.90. The highest BCUT2D eigenvalue weighted by Crippen LogP contribution is 2.34. The number of likely N-dealkylation sites (tertiary alicyclic amines) is 1. The van der Waals surface area contributed by atoms with Crippen LogP contribution >= 0.6 is 0 Å². The Bertz CT molecular complexity index is 247. The molecule has 0 saturated carbocycles. The molecule has 1 N–H and O–H groups in total. The Labute approximate surface area is 85.1 Å². The van der Waals surface area contributed by atoms with Gasteiger partial charge in [0.15, 0.2) is 0 Å². The highest BCUT2D eigenvalue weighted by molar-refractivity contribution is 5.75. The molecule has 0 atom stereocenters. The molecule has 0 aromatic heterocycles. The third-order valence-corrected chi connectivity index (χ3v) is 3.15. The summed E-state index contributed by atoms with van der Waals surface area (Å²) >= 11 is 0. The van der Waals surface area contributed by atoms with Gasteiger partial charge in [-0.2, -0.15) is 0 Å².